The van der Waals surface area contributed by atoms with E-state index in [1.807, 2.05) is 18.7 Å². The van der Waals surface area contributed by atoms with Crippen molar-refractivity contribution in [1.82, 2.24) is 5.32 Å². The van der Waals surface area contributed by atoms with E-state index in [1.165, 1.54) is 6.07 Å². The number of nitro benzene ring substituents is 1. The molecule has 24 heavy (non-hydrogen) atoms. The summed E-state index contributed by atoms with van der Waals surface area (Å²) in [6.07, 6.45) is 0.489. The third-order valence-corrected chi connectivity index (χ3v) is 4.62. The van der Waals surface area contributed by atoms with Crippen LogP contribution in [0.3, 0.4) is 0 Å². The zero-order chi connectivity index (χ0) is 17.9. The van der Waals surface area contributed by atoms with Crippen LogP contribution in [0, 0.1) is 22.0 Å². The number of nitrogens with one attached hydrogen (secondary N) is 1. The van der Waals surface area contributed by atoms with Crippen molar-refractivity contribution in [3.05, 3.63) is 39.3 Å². The highest BCUT2D eigenvalue weighted by Crippen LogP contribution is 2.35. The molecule has 1 aliphatic rings. The Hall–Kier alpha value is -2.02. The van der Waals surface area contributed by atoms with Crippen LogP contribution >= 0.6 is 11.6 Å². The molecule has 7 nitrogen and oxygen atoms in total. The van der Waals surface area contributed by atoms with Crippen molar-refractivity contribution in [1.29, 1.82) is 0 Å². The largest absolute Gasteiger partial charge is 0.465 e. The molecule has 1 amide bonds. The van der Waals surface area contributed by atoms with Gasteiger partial charge in [0.25, 0.3) is 5.69 Å². The van der Waals surface area contributed by atoms with Crippen LogP contribution in [0.15, 0.2) is 18.2 Å². The first-order valence-corrected chi connectivity index (χ1v) is 8.15. The van der Waals surface area contributed by atoms with Crippen molar-refractivity contribution in [2.45, 2.75) is 32.7 Å². The molecule has 2 N–H and O–H groups in total. The highest BCUT2D eigenvalue weighted by atomic mass is 35.5. The predicted molar refractivity (Wildman–Crippen MR) is 92.6 cm³/mol. The zero-order valence-electron chi connectivity index (χ0n) is 13.7. The highest BCUT2D eigenvalue weighted by molar-refractivity contribution is 6.30. The lowest BCUT2D eigenvalue weighted by molar-refractivity contribution is -0.384. The second-order valence-corrected chi connectivity index (χ2v) is 6.66. The van der Waals surface area contributed by atoms with Gasteiger partial charge in [0.1, 0.15) is 5.69 Å². The molecule has 131 valence electrons. The number of carboxylic acid groups (broad SMARTS) is 1. The molecule has 0 spiro atoms. The Labute approximate surface area is 145 Å². The summed E-state index contributed by atoms with van der Waals surface area (Å²) in [5, 5.41) is 23.1. The van der Waals surface area contributed by atoms with Crippen LogP contribution in [-0.4, -0.2) is 35.3 Å². The minimum absolute atomic E-state index is 0.000560. The normalized spacial score (nSPS) is 16.9. The second kappa shape index (κ2) is 7.70. The molecule has 1 aromatic rings. The maximum Gasteiger partial charge on any atom is 0.404 e. The average Bonchev–Trinajstić information content (AvgIpc) is 2.52. The number of nitrogens with zero attached hydrogens (tertiary/aromatic N) is 2. The third-order valence-electron chi connectivity index (χ3n) is 4.39. The van der Waals surface area contributed by atoms with E-state index in [1.54, 1.807) is 12.1 Å². The summed E-state index contributed by atoms with van der Waals surface area (Å²) in [6, 6.07) is 4.49. The van der Waals surface area contributed by atoms with Crippen molar-refractivity contribution in [3.8, 4) is 0 Å². The Balaban J connectivity index is 2.10. The number of hydrogen-bond donors (Lipinski definition) is 2. The van der Waals surface area contributed by atoms with Gasteiger partial charge in [0.15, 0.2) is 0 Å². The lowest BCUT2D eigenvalue weighted by atomic mass is 9.83. The van der Waals surface area contributed by atoms with Crippen LogP contribution in [0.5, 0.6) is 0 Å². The third kappa shape index (κ3) is 4.29. The van der Waals surface area contributed by atoms with Gasteiger partial charge in [0.05, 0.1) is 4.92 Å². The number of anilines is 1. The molecule has 1 aliphatic heterocycles. The van der Waals surface area contributed by atoms with Gasteiger partial charge >= 0.3 is 6.09 Å². The standard InChI is InChI=1S/C16H21ClN3O4/c1-10(2)15(18-16(21)22)11-5-7-19(8-6-11)13-4-3-12(17)9-14(13)20(23)24/h3-4,9,11,15,18H,5-8H2,1-2H3,(H,21,22). The lowest BCUT2D eigenvalue weighted by Crippen LogP contribution is -2.47. The summed E-state index contributed by atoms with van der Waals surface area (Å²) in [6.45, 7) is 5.10. The van der Waals surface area contributed by atoms with Gasteiger partial charge < -0.3 is 15.3 Å². The maximum absolute atomic E-state index is 11.2. The average molecular weight is 355 g/mol. The van der Waals surface area contributed by atoms with Crippen molar-refractivity contribution in [3.63, 3.8) is 0 Å². The van der Waals surface area contributed by atoms with E-state index in [4.69, 9.17) is 16.7 Å². The lowest BCUT2D eigenvalue weighted by Gasteiger charge is -2.38. The van der Waals surface area contributed by atoms with Crippen LogP contribution in [0.4, 0.5) is 16.2 Å². The van der Waals surface area contributed by atoms with Crippen LogP contribution in [-0.2, 0) is 0 Å². The van der Waals surface area contributed by atoms with E-state index >= 15 is 0 Å². The maximum atomic E-state index is 11.2. The number of piperidine rings is 1. The molecular formula is C16H21ClN3O4. The first-order chi connectivity index (χ1) is 11.3. The molecule has 0 saturated carbocycles. The number of hydrogen-bond acceptors (Lipinski definition) is 4. The molecule has 1 atom stereocenters. The van der Waals surface area contributed by atoms with Gasteiger partial charge in [-0.15, -0.1) is 0 Å². The summed E-state index contributed by atoms with van der Waals surface area (Å²) in [5.41, 5.74) is 0.558. The minimum Gasteiger partial charge on any atom is -0.465 e. The first kappa shape index (κ1) is 18.3. The van der Waals surface area contributed by atoms with Crippen LogP contribution in [0.1, 0.15) is 26.7 Å². The van der Waals surface area contributed by atoms with E-state index in [0.29, 0.717) is 23.8 Å². The van der Waals surface area contributed by atoms with E-state index in [2.05, 4.69) is 5.32 Å². The smallest absolute Gasteiger partial charge is 0.404 e. The van der Waals surface area contributed by atoms with E-state index in [0.717, 1.165) is 18.8 Å². The molecule has 1 saturated heterocycles. The van der Waals surface area contributed by atoms with Gasteiger partial charge in [-0.25, -0.2) is 4.79 Å². The molecule has 1 fully saturated rings. The van der Waals surface area contributed by atoms with Gasteiger partial charge in [0, 0.05) is 30.2 Å². The number of benzene rings is 1. The van der Waals surface area contributed by atoms with Gasteiger partial charge in [-0.1, -0.05) is 25.4 Å². The Kier molecular flexibility index (Phi) is 5.88. The number of carbonyl (C=O) groups is 1. The summed E-state index contributed by atoms with van der Waals surface area (Å²) in [5.74, 6) is 1.21. The highest BCUT2D eigenvalue weighted by Gasteiger charge is 2.31. The predicted octanol–water partition coefficient (Wildman–Crippen LogP) is 3.72. The summed E-state index contributed by atoms with van der Waals surface area (Å²) in [4.78, 5) is 23.8. The van der Waals surface area contributed by atoms with Crippen LogP contribution in [0.25, 0.3) is 0 Å². The van der Waals surface area contributed by atoms with Gasteiger partial charge in [0.2, 0.25) is 0 Å². The fourth-order valence-corrected chi connectivity index (χ4v) is 3.42. The topological polar surface area (TPSA) is 95.7 Å². The van der Waals surface area contributed by atoms with Gasteiger partial charge in [-0.05, 0) is 36.8 Å². The molecule has 0 bridgehead atoms. The van der Waals surface area contributed by atoms with E-state index in [9.17, 15) is 14.9 Å². The quantitative estimate of drug-likeness (QED) is 0.620. The SMILES string of the molecule is C[C](C)C(NC(=O)O)C1CCN(c2ccc(Cl)cc2[N+](=O)[O-])CC1. The molecular weight excluding hydrogens is 334 g/mol. The van der Waals surface area contributed by atoms with Gasteiger partial charge in [-0.3, -0.25) is 10.1 Å². The summed E-state index contributed by atoms with van der Waals surface area (Å²) in [7, 11) is 0. The Bertz CT molecular complexity index is 615. The molecule has 1 radical (unpaired) electrons. The molecule has 1 unspecified atom stereocenters. The minimum atomic E-state index is -1.03. The Morgan fingerprint density at radius 3 is 2.54 bits per heavy atom. The molecule has 0 aliphatic carbocycles. The summed E-state index contributed by atoms with van der Waals surface area (Å²) < 4.78 is 0. The van der Waals surface area contributed by atoms with Gasteiger partial charge in [-0.2, -0.15) is 0 Å². The number of rotatable bonds is 5. The van der Waals surface area contributed by atoms with Crippen molar-refractivity contribution < 1.29 is 14.8 Å². The summed E-state index contributed by atoms with van der Waals surface area (Å²) >= 11 is 5.86. The van der Waals surface area contributed by atoms with Crippen molar-refractivity contribution in [2.24, 2.45) is 5.92 Å². The molecule has 1 aromatic carbocycles. The number of halogens is 1. The number of amides is 1. The van der Waals surface area contributed by atoms with E-state index < -0.39 is 11.0 Å². The van der Waals surface area contributed by atoms with E-state index in [-0.39, 0.29) is 17.6 Å². The zero-order valence-corrected chi connectivity index (χ0v) is 14.4. The molecule has 0 aromatic heterocycles. The van der Waals surface area contributed by atoms with Crippen molar-refractivity contribution in [2.75, 3.05) is 18.0 Å². The van der Waals surface area contributed by atoms with Crippen LogP contribution in [0.2, 0.25) is 5.02 Å². The first-order valence-electron chi connectivity index (χ1n) is 7.78. The fraction of sp³-hybridized carbons (Fsp3) is 0.500. The molecule has 2 rings (SSSR count). The number of nitro groups is 1. The Morgan fingerprint density at radius 2 is 2.04 bits per heavy atom. The van der Waals surface area contributed by atoms with Crippen molar-refractivity contribution >= 4 is 29.1 Å². The molecule has 1 heterocycles. The monoisotopic (exact) mass is 354 g/mol. The second-order valence-electron chi connectivity index (χ2n) is 6.22. The molecule has 8 heteroatoms. The Morgan fingerprint density at radius 1 is 1.42 bits per heavy atom. The fourth-order valence-electron chi connectivity index (χ4n) is 3.25. The van der Waals surface area contributed by atoms with Crippen LogP contribution < -0.4 is 10.2 Å².